The number of anilines is 2. The van der Waals surface area contributed by atoms with Gasteiger partial charge in [0, 0.05) is 6.54 Å². The fourth-order valence-corrected chi connectivity index (χ4v) is 1.19. The van der Waals surface area contributed by atoms with E-state index in [4.69, 9.17) is 16.1 Å². The number of aryl methyl sites for hydroxylation is 1. The summed E-state index contributed by atoms with van der Waals surface area (Å²) in [5, 5.41) is 20.3. The van der Waals surface area contributed by atoms with Gasteiger partial charge in [0.25, 0.3) is 0 Å². The van der Waals surface area contributed by atoms with Crippen LogP contribution in [-0.4, -0.2) is 18.3 Å². The minimum absolute atomic E-state index is 0.0541. The molecule has 0 aromatic heterocycles. The first-order chi connectivity index (χ1) is 6.69. The second-order valence-electron chi connectivity index (χ2n) is 3.02. The van der Waals surface area contributed by atoms with Gasteiger partial charge in [-0.1, -0.05) is 0 Å². The number of aliphatic hydroxyl groups is 1. The molecule has 0 aliphatic heterocycles. The Labute approximate surface area is 83.0 Å². The van der Waals surface area contributed by atoms with E-state index in [-0.39, 0.29) is 6.61 Å². The van der Waals surface area contributed by atoms with Crippen molar-refractivity contribution >= 4 is 11.4 Å². The highest BCUT2D eigenvalue weighted by Gasteiger charge is 2.03. The minimum Gasteiger partial charge on any atom is -0.397 e. The third-order valence-electron chi connectivity index (χ3n) is 1.94. The molecular weight excluding hydrogens is 178 g/mol. The first-order valence-electron chi connectivity index (χ1n) is 4.34. The molecule has 4 heteroatoms. The van der Waals surface area contributed by atoms with Crippen LogP contribution in [0.15, 0.2) is 12.1 Å². The predicted molar refractivity (Wildman–Crippen MR) is 55.9 cm³/mol. The van der Waals surface area contributed by atoms with E-state index in [0.29, 0.717) is 17.8 Å². The Morgan fingerprint density at radius 3 is 2.86 bits per heavy atom. The molecule has 0 unspecified atom stereocenters. The maximum absolute atomic E-state index is 8.74. The molecule has 4 nitrogen and oxygen atoms in total. The van der Waals surface area contributed by atoms with Crippen LogP contribution in [0, 0.1) is 18.3 Å². The first kappa shape index (κ1) is 10.4. The summed E-state index contributed by atoms with van der Waals surface area (Å²) in [6.07, 6.45) is 0. The average Bonchev–Trinajstić information content (AvgIpc) is 2.18. The maximum Gasteiger partial charge on any atom is 0.0995 e. The van der Waals surface area contributed by atoms with Gasteiger partial charge in [0.15, 0.2) is 0 Å². The molecule has 1 aromatic rings. The van der Waals surface area contributed by atoms with Gasteiger partial charge in [-0.05, 0) is 24.6 Å². The van der Waals surface area contributed by atoms with Crippen molar-refractivity contribution in [2.75, 3.05) is 24.2 Å². The zero-order valence-electron chi connectivity index (χ0n) is 8.04. The second kappa shape index (κ2) is 4.49. The highest BCUT2D eigenvalue weighted by atomic mass is 16.3. The lowest BCUT2D eigenvalue weighted by Crippen LogP contribution is -2.08. The number of hydrogen-bond acceptors (Lipinski definition) is 4. The van der Waals surface area contributed by atoms with Crippen molar-refractivity contribution in [3.63, 3.8) is 0 Å². The van der Waals surface area contributed by atoms with Crippen LogP contribution in [0.4, 0.5) is 11.4 Å². The van der Waals surface area contributed by atoms with Crippen molar-refractivity contribution in [3.8, 4) is 6.07 Å². The highest BCUT2D eigenvalue weighted by Crippen LogP contribution is 2.22. The smallest absolute Gasteiger partial charge is 0.0995 e. The largest absolute Gasteiger partial charge is 0.397 e. The van der Waals surface area contributed by atoms with Crippen LogP contribution in [0.1, 0.15) is 11.1 Å². The Morgan fingerprint density at radius 1 is 1.57 bits per heavy atom. The highest BCUT2D eigenvalue weighted by molar-refractivity contribution is 5.70. The van der Waals surface area contributed by atoms with E-state index in [0.717, 1.165) is 11.3 Å². The molecule has 0 aliphatic carbocycles. The van der Waals surface area contributed by atoms with E-state index in [9.17, 15) is 0 Å². The summed E-state index contributed by atoms with van der Waals surface area (Å²) in [6, 6.07) is 5.51. The molecule has 0 atom stereocenters. The van der Waals surface area contributed by atoms with E-state index in [2.05, 4.69) is 11.4 Å². The van der Waals surface area contributed by atoms with E-state index >= 15 is 0 Å². The molecule has 14 heavy (non-hydrogen) atoms. The monoisotopic (exact) mass is 191 g/mol. The number of rotatable bonds is 3. The molecule has 0 radical (unpaired) electrons. The van der Waals surface area contributed by atoms with Gasteiger partial charge in [0.2, 0.25) is 0 Å². The van der Waals surface area contributed by atoms with Crippen LogP contribution in [0.2, 0.25) is 0 Å². The number of nitrogens with zero attached hydrogens (tertiary/aromatic N) is 1. The van der Waals surface area contributed by atoms with Gasteiger partial charge in [-0.3, -0.25) is 0 Å². The van der Waals surface area contributed by atoms with Gasteiger partial charge in [-0.15, -0.1) is 0 Å². The normalized spacial score (nSPS) is 9.50. The van der Waals surface area contributed by atoms with Crippen molar-refractivity contribution in [2.45, 2.75) is 6.92 Å². The SMILES string of the molecule is Cc1cc(NCCO)c(N)cc1C#N. The van der Waals surface area contributed by atoms with Crippen LogP contribution >= 0.6 is 0 Å². The maximum atomic E-state index is 8.74. The topological polar surface area (TPSA) is 82.1 Å². The zero-order chi connectivity index (χ0) is 10.6. The van der Waals surface area contributed by atoms with Crippen LogP contribution in [0.5, 0.6) is 0 Å². The van der Waals surface area contributed by atoms with Gasteiger partial charge in [0.1, 0.15) is 0 Å². The van der Waals surface area contributed by atoms with Crippen molar-refractivity contribution in [2.24, 2.45) is 0 Å². The quantitative estimate of drug-likeness (QED) is 0.619. The summed E-state index contributed by atoms with van der Waals surface area (Å²) in [5.74, 6) is 0. The molecule has 0 amide bonds. The zero-order valence-corrected chi connectivity index (χ0v) is 8.04. The first-order valence-corrected chi connectivity index (χ1v) is 4.34. The van der Waals surface area contributed by atoms with E-state index in [1.54, 1.807) is 6.07 Å². The Bertz CT molecular complexity index is 368. The van der Waals surface area contributed by atoms with Gasteiger partial charge in [-0.25, -0.2) is 0 Å². The van der Waals surface area contributed by atoms with E-state index in [1.165, 1.54) is 0 Å². The Hall–Kier alpha value is -1.73. The summed E-state index contributed by atoms with van der Waals surface area (Å²) in [6.45, 7) is 2.36. The second-order valence-corrected chi connectivity index (χ2v) is 3.02. The van der Waals surface area contributed by atoms with Crippen molar-refractivity contribution in [3.05, 3.63) is 23.3 Å². The van der Waals surface area contributed by atoms with Crippen molar-refractivity contribution < 1.29 is 5.11 Å². The molecule has 0 aliphatic rings. The Kier molecular flexibility index (Phi) is 3.32. The number of nitriles is 1. The number of aliphatic hydroxyl groups excluding tert-OH is 1. The molecule has 0 heterocycles. The molecule has 1 aromatic carbocycles. The summed E-state index contributed by atoms with van der Waals surface area (Å²) in [7, 11) is 0. The number of nitrogens with one attached hydrogen (secondary N) is 1. The Morgan fingerprint density at radius 2 is 2.29 bits per heavy atom. The molecule has 1 rings (SSSR count). The van der Waals surface area contributed by atoms with Crippen LogP contribution in [-0.2, 0) is 0 Å². The summed E-state index contributed by atoms with van der Waals surface area (Å²) < 4.78 is 0. The molecule has 0 fully saturated rings. The minimum atomic E-state index is 0.0541. The third-order valence-corrected chi connectivity index (χ3v) is 1.94. The third kappa shape index (κ3) is 2.15. The summed E-state index contributed by atoms with van der Waals surface area (Å²) in [5.41, 5.74) is 8.46. The average molecular weight is 191 g/mol. The van der Waals surface area contributed by atoms with Crippen molar-refractivity contribution in [1.82, 2.24) is 0 Å². The molecule has 0 saturated heterocycles. The molecule has 4 N–H and O–H groups in total. The van der Waals surface area contributed by atoms with Gasteiger partial charge in [-0.2, -0.15) is 5.26 Å². The van der Waals surface area contributed by atoms with Gasteiger partial charge < -0.3 is 16.2 Å². The van der Waals surface area contributed by atoms with E-state index in [1.807, 2.05) is 13.0 Å². The van der Waals surface area contributed by atoms with Crippen molar-refractivity contribution in [1.29, 1.82) is 5.26 Å². The summed E-state index contributed by atoms with van der Waals surface area (Å²) in [4.78, 5) is 0. The van der Waals surface area contributed by atoms with Gasteiger partial charge >= 0.3 is 0 Å². The standard InChI is InChI=1S/C10H13N3O/c1-7-4-10(13-2-3-14)9(12)5-8(7)6-11/h4-5,13-14H,2-3,12H2,1H3. The number of nitrogens with two attached hydrogens (primary N) is 1. The lowest BCUT2D eigenvalue weighted by Gasteiger charge is -2.09. The fraction of sp³-hybridized carbons (Fsp3) is 0.300. The Balaban J connectivity index is 2.98. The molecule has 0 spiro atoms. The van der Waals surface area contributed by atoms with Crippen LogP contribution in [0.25, 0.3) is 0 Å². The molecule has 74 valence electrons. The van der Waals surface area contributed by atoms with Crippen LogP contribution in [0.3, 0.4) is 0 Å². The fourth-order valence-electron chi connectivity index (χ4n) is 1.19. The van der Waals surface area contributed by atoms with E-state index < -0.39 is 0 Å². The van der Waals surface area contributed by atoms with Gasteiger partial charge in [0.05, 0.1) is 29.6 Å². The number of nitrogen functional groups attached to an aromatic ring is 1. The van der Waals surface area contributed by atoms with Crippen LogP contribution < -0.4 is 11.1 Å². The lowest BCUT2D eigenvalue weighted by atomic mass is 10.1. The predicted octanol–water partition coefficient (Wildman–Crippen LogP) is 0.853. The molecular formula is C10H13N3O. The molecule has 0 bridgehead atoms. The molecule has 0 saturated carbocycles. The lowest BCUT2D eigenvalue weighted by molar-refractivity contribution is 0.311. The summed E-state index contributed by atoms with van der Waals surface area (Å²) >= 11 is 0. The number of hydrogen-bond donors (Lipinski definition) is 3. The number of benzene rings is 1.